The highest BCUT2D eigenvalue weighted by atomic mass is 16.4. The first-order valence-corrected chi connectivity index (χ1v) is 5.70. The number of aryl methyl sites for hydroxylation is 2. The lowest BCUT2D eigenvalue weighted by atomic mass is 10.2. The summed E-state index contributed by atoms with van der Waals surface area (Å²) in [5.74, 6) is -1.67. The van der Waals surface area contributed by atoms with Gasteiger partial charge in [-0.3, -0.25) is 4.79 Å². The molecule has 1 heterocycles. The fourth-order valence-electron chi connectivity index (χ4n) is 1.69. The van der Waals surface area contributed by atoms with E-state index in [2.05, 4.69) is 10.3 Å². The van der Waals surface area contributed by atoms with Crippen molar-refractivity contribution in [2.24, 2.45) is 0 Å². The molecule has 0 aliphatic heterocycles. The molecule has 7 heteroatoms. The number of benzene rings is 1. The molecular weight excluding hydrogens is 264 g/mol. The highest BCUT2D eigenvalue weighted by molar-refractivity contribution is 6.04. The van der Waals surface area contributed by atoms with Gasteiger partial charge < -0.3 is 19.9 Å². The van der Waals surface area contributed by atoms with Crippen molar-refractivity contribution in [2.75, 3.05) is 5.32 Å². The number of carboxylic acid groups (broad SMARTS) is 1. The Hall–Kier alpha value is -2.83. The van der Waals surface area contributed by atoms with Gasteiger partial charge in [0.05, 0.1) is 16.9 Å². The fourth-order valence-corrected chi connectivity index (χ4v) is 1.69. The molecule has 3 N–H and O–H groups in total. The molecule has 0 saturated heterocycles. The average molecular weight is 276 g/mol. The van der Waals surface area contributed by atoms with Crippen LogP contribution in [-0.2, 0) is 0 Å². The molecule has 0 aliphatic rings. The number of hydrogen-bond donors (Lipinski definition) is 3. The molecule has 0 unspecified atom stereocenters. The topological polar surface area (TPSA) is 113 Å². The highest BCUT2D eigenvalue weighted by Crippen LogP contribution is 2.25. The van der Waals surface area contributed by atoms with Crippen LogP contribution in [0.2, 0.25) is 0 Å². The summed E-state index contributed by atoms with van der Waals surface area (Å²) in [5, 5.41) is 20.9. The molecule has 104 valence electrons. The number of phenolic OH excluding ortho intramolecular Hbond substituents is 1. The first kappa shape index (κ1) is 13.6. The molecule has 2 rings (SSSR count). The van der Waals surface area contributed by atoms with Crippen molar-refractivity contribution >= 4 is 17.6 Å². The first-order valence-electron chi connectivity index (χ1n) is 5.70. The molecular formula is C13H12N2O5. The van der Waals surface area contributed by atoms with Crippen LogP contribution in [0.1, 0.15) is 32.5 Å². The lowest BCUT2D eigenvalue weighted by Crippen LogP contribution is -2.12. The maximum Gasteiger partial charge on any atom is 0.335 e. The van der Waals surface area contributed by atoms with Gasteiger partial charge in [-0.25, -0.2) is 9.78 Å². The molecule has 2 aromatic rings. The largest absolute Gasteiger partial charge is 0.506 e. The number of rotatable bonds is 3. The van der Waals surface area contributed by atoms with Crippen LogP contribution in [0.15, 0.2) is 22.6 Å². The van der Waals surface area contributed by atoms with Crippen LogP contribution in [-0.4, -0.2) is 27.1 Å². The van der Waals surface area contributed by atoms with Gasteiger partial charge in [-0.1, -0.05) is 0 Å². The Morgan fingerprint density at radius 2 is 2.00 bits per heavy atom. The minimum Gasteiger partial charge on any atom is -0.506 e. The summed E-state index contributed by atoms with van der Waals surface area (Å²) in [7, 11) is 0. The molecule has 7 nitrogen and oxygen atoms in total. The van der Waals surface area contributed by atoms with Crippen molar-refractivity contribution in [1.29, 1.82) is 0 Å². The second kappa shape index (κ2) is 5.04. The van der Waals surface area contributed by atoms with Gasteiger partial charge in [0.2, 0.25) is 5.76 Å². The zero-order valence-electron chi connectivity index (χ0n) is 10.8. The van der Waals surface area contributed by atoms with E-state index in [9.17, 15) is 14.7 Å². The Morgan fingerprint density at radius 1 is 1.30 bits per heavy atom. The van der Waals surface area contributed by atoms with Crippen LogP contribution in [0.5, 0.6) is 5.75 Å². The number of nitrogens with zero attached hydrogens (tertiary/aromatic N) is 1. The molecule has 0 fully saturated rings. The van der Waals surface area contributed by atoms with Crippen LogP contribution in [0, 0.1) is 13.8 Å². The van der Waals surface area contributed by atoms with Crippen LogP contribution in [0.4, 0.5) is 5.69 Å². The number of carbonyl (C=O) groups excluding carboxylic acids is 1. The summed E-state index contributed by atoms with van der Waals surface area (Å²) in [5.41, 5.74) is 0.447. The lowest BCUT2D eigenvalue weighted by Gasteiger charge is -2.06. The van der Waals surface area contributed by atoms with Crippen LogP contribution >= 0.6 is 0 Å². The minimum absolute atomic E-state index is 0.0456. The zero-order valence-corrected chi connectivity index (χ0v) is 10.8. The Balaban J connectivity index is 2.24. The zero-order chi connectivity index (χ0) is 14.9. The van der Waals surface area contributed by atoms with E-state index in [1.807, 2.05) is 0 Å². The third-order valence-electron chi connectivity index (χ3n) is 2.60. The Labute approximate surface area is 113 Å². The maximum atomic E-state index is 11.9. The molecule has 1 amide bonds. The predicted molar refractivity (Wildman–Crippen MR) is 69.0 cm³/mol. The van der Waals surface area contributed by atoms with Crippen LogP contribution in [0.3, 0.4) is 0 Å². The van der Waals surface area contributed by atoms with Crippen molar-refractivity contribution in [1.82, 2.24) is 4.98 Å². The normalized spacial score (nSPS) is 10.3. The molecule has 1 aromatic heterocycles. The van der Waals surface area contributed by atoms with E-state index < -0.39 is 11.9 Å². The molecule has 0 aliphatic carbocycles. The quantitative estimate of drug-likeness (QED) is 0.738. The SMILES string of the molecule is Cc1nc(C)c(C(=O)Nc2ccc(C(=O)O)cc2O)o1. The average Bonchev–Trinajstić information content (AvgIpc) is 2.70. The Kier molecular flexibility index (Phi) is 3.43. The number of carboxylic acids is 1. The number of phenols is 1. The van der Waals surface area contributed by atoms with E-state index in [0.29, 0.717) is 11.6 Å². The summed E-state index contributed by atoms with van der Waals surface area (Å²) in [6.45, 7) is 3.24. The van der Waals surface area contributed by atoms with Gasteiger partial charge in [-0.05, 0) is 25.1 Å². The summed E-state index contributed by atoms with van der Waals surface area (Å²) >= 11 is 0. The summed E-state index contributed by atoms with van der Waals surface area (Å²) in [4.78, 5) is 26.6. The molecule has 1 aromatic carbocycles. The van der Waals surface area contributed by atoms with E-state index in [1.54, 1.807) is 13.8 Å². The fraction of sp³-hybridized carbons (Fsp3) is 0.154. The highest BCUT2D eigenvalue weighted by Gasteiger charge is 2.17. The number of anilines is 1. The van der Waals surface area contributed by atoms with Crippen molar-refractivity contribution < 1.29 is 24.2 Å². The number of aromatic hydroxyl groups is 1. The third kappa shape index (κ3) is 2.61. The minimum atomic E-state index is -1.17. The standard InChI is InChI=1S/C13H12N2O5/c1-6-11(20-7(2)14-6)12(17)15-9-4-3-8(13(18)19)5-10(9)16/h3-5,16H,1-2H3,(H,15,17)(H,18,19). The Bertz CT molecular complexity index is 690. The second-order valence-electron chi connectivity index (χ2n) is 4.14. The molecule has 0 atom stereocenters. The van der Waals surface area contributed by atoms with E-state index >= 15 is 0 Å². The summed E-state index contributed by atoms with van der Waals surface area (Å²) in [6, 6.07) is 3.63. The summed E-state index contributed by atoms with van der Waals surface area (Å²) in [6.07, 6.45) is 0. The van der Waals surface area contributed by atoms with Gasteiger partial charge in [-0.2, -0.15) is 0 Å². The number of aromatic nitrogens is 1. The number of amides is 1. The Morgan fingerprint density at radius 3 is 2.50 bits per heavy atom. The van der Waals surface area contributed by atoms with Crippen LogP contribution in [0.25, 0.3) is 0 Å². The number of hydrogen-bond acceptors (Lipinski definition) is 5. The smallest absolute Gasteiger partial charge is 0.335 e. The van der Waals surface area contributed by atoms with Crippen molar-refractivity contribution in [3.8, 4) is 5.75 Å². The van der Waals surface area contributed by atoms with Gasteiger partial charge in [0, 0.05) is 6.92 Å². The predicted octanol–water partition coefficient (Wildman–Crippen LogP) is 1.95. The van der Waals surface area contributed by atoms with Gasteiger partial charge >= 0.3 is 5.97 Å². The first-order chi connectivity index (χ1) is 9.38. The van der Waals surface area contributed by atoms with Crippen molar-refractivity contribution in [3.05, 3.63) is 41.1 Å². The van der Waals surface area contributed by atoms with Gasteiger partial charge in [0.25, 0.3) is 5.91 Å². The maximum absolute atomic E-state index is 11.9. The molecule has 0 saturated carbocycles. The van der Waals surface area contributed by atoms with Gasteiger partial charge in [0.1, 0.15) is 5.75 Å². The lowest BCUT2D eigenvalue weighted by molar-refractivity contribution is 0.0696. The number of aromatic carboxylic acids is 1. The summed E-state index contributed by atoms with van der Waals surface area (Å²) < 4.78 is 5.15. The second-order valence-corrected chi connectivity index (χ2v) is 4.14. The van der Waals surface area contributed by atoms with Gasteiger partial charge in [0.15, 0.2) is 5.89 Å². The monoisotopic (exact) mass is 276 g/mol. The van der Waals surface area contributed by atoms with Crippen LogP contribution < -0.4 is 5.32 Å². The van der Waals surface area contributed by atoms with E-state index in [1.165, 1.54) is 12.1 Å². The van der Waals surface area contributed by atoms with Gasteiger partial charge in [-0.15, -0.1) is 0 Å². The van der Waals surface area contributed by atoms with E-state index in [4.69, 9.17) is 9.52 Å². The number of carbonyl (C=O) groups is 2. The van der Waals surface area contributed by atoms with Crippen molar-refractivity contribution in [3.63, 3.8) is 0 Å². The molecule has 0 radical (unpaired) electrons. The number of oxazole rings is 1. The van der Waals surface area contributed by atoms with Crippen molar-refractivity contribution in [2.45, 2.75) is 13.8 Å². The molecule has 20 heavy (non-hydrogen) atoms. The third-order valence-corrected chi connectivity index (χ3v) is 2.60. The molecule has 0 spiro atoms. The van der Waals surface area contributed by atoms with E-state index in [0.717, 1.165) is 6.07 Å². The molecule has 0 bridgehead atoms. The number of nitrogens with one attached hydrogen (secondary N) is 1. The van der Waals surface area contributed by atoms with E-state index in [-0.39, 0.29) is 22.8 Å².